The average molecular weight is 242 g/mol. The van der Waals surface area contributed by atoms with Crippen molar-refractivity contribution in [1.82, 2.24) is 15.5 Å². The van der Waals surface area contributed by atoms with Gasteiger partial charge in [0.15, 0.2) is 0 Å². The Morgan fingerprint density at radius 2 is 2.06 bits per heavy atom. The van der Waals surface area contributed by atoms with Crippen LogP contribution in [0.25, 0.3) is 0 Å². The predicted molar refractivity (Wildman–Crippen MR) is 46.5 cm³/mol. The van der Waals surface area contributed by atoms with Crippen LogP contribution in [0, 0.1) is 0 Å². The van der Waals surface area contributed by atoms with E-state index in [-0.39, 0.29) is 18.5 Å². The van der Waals surface area contributed by atoms with Crippen molar-refractivity contribution in [2.75, 3.05) is 18.9 Å². The van der Waals surface area contributed by atoms with Gasteiger partial charge in [0, 0.05) is 0 Å². The number of rotatable bonds is 6. The molecular formula is C7H10F4N4O. The molecular weight excluding hydrogens is 232 g/mol. The summed E-state index contributed by atoms with van der Waals surface area (Å²) in [6.45, 7) is -0.994. The fraction of sp³-hybridized carbons (Fsp3) is 0.714. The van der Waals surface area contributed by atoms with Crippen molar-refractivity contribution in [3.63, 3.8) is 0 Å². The van der Waals surface area contributed by atoms with Crippen molar-refractivity contribution >= 4 is 6.01 Å². The Hall–Kier alpha value is -1.38. The maximum absolute atomic E-state index is 12.5. The lowest BCUT2D eigenvalue weighted by Crippen LogP contribution is -2.34. The third kappa shape index (κ3) is 3.33. The third-order valence-corrected chi connectivity index (χ3v) is 1.59. The number of anilines is 1. The number of hydrogen-bond donors (Lipinski definition) is 2. The van der Waals surface area contributed by atoms with E-state index in [0.29, 0.717) is 0 Å². The average Bonchev–Trinajstić information content (AvgIpc) is 2.63. The summed E-state index contributed by atoms with van der Waals surface area (Å²) >= 11 is 0. The Bertz CT molecular complexity index is 330. The van der Waals surface area contributed by atoms with E-state index in [1.54, 1.807) is 7.05 Å². The van der Waals surface area contributed by atoms with Crippen LogP contribution in [0.1, 0.15) is 5.89 Å². The Labute approximate surface area is 88.2 Å². The Morgan fingerprint density at radius 1 is 1.38 bits per heavy atom. The molecule has 0 saturated heterocycles. The molecule has 1 rings (SSSR count). The SMILES string of the molecule is CNCc1nnc(NCC(F)(F)C(F)F)o1. The van der Waals surface area contributed by atoms with Gasteiger partial charge in [-0.15, -0.1) is 5.10 Å². The fourth-order valence-corrected chi connectivity index (χ4v) is 0.818. The summed E-state index contributed by atoms with van der Waals surface area (Å²) in [7, 11) is 1.63. The molecule has 0 aromatic carbocycles. The van der Waals surface area contributed by atoms with Crippen molar-refractivity contribution in [1.29, 1.82) is 0 Å². The smallest absolute Gasteiger partial charge is 0.324 e. The summed E-state index contributed by atoms with van der Waals surface area (Å²) in [6.07, 6.45) is -3.74. The van der Waals surface area contributed by atoms with Crippen LogP contribution in [0.2, 0.25) is 0 Å². The van der Waals surface area contributed by atoms with Crippen LogP contribution in [0.15, 0.2) is 4.42 Å². The van der Waals surface area contributed by atoms with Gasteiger partial charge in [-0.3, -0.25) is 0 Å². The van der Waals surface area contributed by atoms with E-state index in [9.17, 15) is 17.6 Å². The van der Waals surface area contributed by atoms with Crippen LogP contribution in [-0.2, 0) is 6.54 Å². The molecule has 5 nitrogen and oxygen atoms in total. The molecule has 1 heterocycles. The normalized spacial score (nSPS) is 12.1. The zero-order valence-corrected chi connectivity index (χ0v) is 8.31. The summed E-state index contributed by atoms with van der Waals surface area (Å²) in [4.78, 5) is 0. The molecule has 16 heavy (non-hydrogen) atoms. The highest BCUT2D eigenvalue weighted by Crippen LogP contribution is 2.22. The molecule has 0 unspecified atom stereocenters. The lowest BCUT2D eigenvalue weighted by Gasteiger charge is -2.14. The first-order chi connectivity index (χ1) is 7.45. The first-order valence-electron chi connectivity index (χ1n) is 4.32. The fourth-order valence-electron chi connectivity index (χ4n) is 0.818. The quantitative estimate of drug-likeness (QED) is 0.731. The van der Waals surface area contributed by atoms with Crippen LogP contribution >= 0.6 is 0 Å². The Morgan fingerprint density at radius 3 is 2.62 bits per heavy atom. The molecule has 0 fully saturated rings. The number of alkyl halides is 4. The third-order valence-electron chi connectivity index (χ3n) is 1.59. The zero-order chi connectivity index (χ0) is 12.2. The van der Waals surface area contributed by atoms with Crippen LogP contribution in [0.3, 0.4) is 0 Å². The van der Waals surface area contributed by atoms with E-state index in [1.807, 2.05) is 5.32 Å². The topological polar surface area (TPSA) is 63.0 Å². The van der Waals surface area contributed by atoms with Gasteiger partial charge in [-0.1, -0.05) is 5.10 Å². The monoisotopic (exact) mass is 242 g/mol. The van der Waals surface area contributed by atoms with E-state index >= 15 is 0 Å². The minimum Gasteiger partial charge on any atom is -0.407 e. The van der Waals surface area contributed by atoms with Gasteiger partial charge in [0.2, 0.25) is 5.89 Å². The standard InChI is InChI=1S/C7H10F4N4O/c1-12-2-4-14-15-6(16-4)13-3-7(10,11)5(8)9/h5,12H,2-3H2,1H3,(H,13,15). The zero-order valence-electron chi connectivity index (χ0n) is 8.31. The molecule has 2 N–H and O–H groups in total. The van der Waals surface area contributed by atoms with E-state index in [4.69, 9.17) is 4.42 Å². The lowest BCUT2D eigenvalue weighted by atomic mass is 10.3. The number of aromatic nitrogens is 2. The molecule has 0 spiro atoms. The van der Waals surface area contributed by atoms with E-state index in [2.05, 4.69) is 15.5 Å². The van der Waals surface area contributed by atoms with Gasteiger partial charge in [0.25, 0.3) is 0 Å². The number of hydrogen-bond acceptors (Lipinski definition) is 5. The molecule has 0 saturated carbocycles. The molecule has 0 bridgehead atoms. The van der Waals surface area contributed by atoms with E-state index < -0.39 is 18.9 Å². The van der Waals surface area contributed by atoms with Gasteiger partial charge in [-0.25, -0.2) is 8.78 Å². The van der Waals surface area contributed by atoms with Gasteiger partial charge >= 0.3 is 18.4 Å². The lowest BCUT2D eigenvalue weighted by molar-refractivity contribution is -0.117. The first-order valence-corrected chi connectivity index (χ1v) is 4.32. The van der Waals surface area contributed by atoms with Gasteiger partial charge in [0.05, 0.1) is 13.1 Å². The molecule has 0 atom stereocenters. The maximum atomic E-state index is 12.5. The van der Waals surface area contributed by atoms with Crippen molar-refractivity contribution < 1.29 is 22.0 Å². The molecule has 9 heteroatoms. The minimum absolute atomic E-state index is 0.172. The highest BCUT2D eigenvalue weighted by molar-refractivity contribution is 5.17. The minimum atomic E-state index is -4.13. The summed E-state index contributed by atoms with van der Waals surface area (Å²) in [5, 5.41) is 11.5. The molecule has 1 aromatic heterocycles. The molecule has 0 aliphatic rings. The van der Waals surface area contributed by atoms with Gasteiger partial charge < -0.3 is 15.1 Å². The van der Waals surface area contributed by atoms with Crippen molar-refractivity contribution in [2.24, 2.45) is 0 Å². The largest absolute Gasteiger partial charge is 0.407 e. The van der Waals surface area contributed by atoms with Crippen LogP contribution in [0.5, 0.6) is 0 Å². The van der Waals surface area contributed by atoms with Crippen molar-refractivity contribution in [3.8, 4) is 0 Å². The molecule has 92 valence electrons. The van der Waals surface area contributed by atoms with Crippen LogP contribution < -0.4 is 10.6 Å². The van der Waals surface area contributed by atoms with Gasteiger partial charge in [-0.05, 0) is 7.05 Å². The highest BCUT2D eigenvalue weighted by Gasteiger charge is 2.40. The summed E-state index contributed by atoms with van der Waals surface area (Å²) in [5.74, 6) is -3.96. The maximum Gasteiger partial charge on any atom is 0.324 e. The molecule has 0 aliphatic heterocycles. The van der Waals surface area contributed by atoms with E-state index in [1.165, 1.54) is 0 Å². The summed E-state index contributed by atoms with van der Waals surface area (Å²) in [6, 6.07) is -0.314. The molecule has 0 amide bonds. The summed E-state index contributed by atoms with van der Waals surface area (Å²) < 4.78 is 53.3. The van der Waals surface area contributed by atoms with Crippen molar-refractivity contribution in [2.45, 2.75) is 18.9 Å². The predicted octanol–water partition coefficient (Wildman–Crippen LogP) is 1.10. The second-order valence-corrected chi connectivity index (χ2v) is 2.95. The molecule has 0 aliphatic carbocycles. The van der Waals surface area contributed by atoms with E-state index in [0.717, 1.165) is 0 Å². The van der Waals surface area contributed by atoms with Crippen LogP contribution in [0.4, 0.5) is 23.6 Å². The molecule has 0 radical (unpaired) electrons. The van der Waals surface area contributed by atoms with Gasteiger partial charge in [0.1, 0.15) is 0 Å². The van der Waals surface area contributed by atoms with Crippen molar-refractivity contribution in [3.05, 3.63) is 5.89 Å². The second-order valence-electron chi connectivity index (χ2n) is 2.95. The first kappa shape index (κ1) is 12.7. The summed E-state index contributed by atoms with van der Waals surface area (Å²) in [5.41, 5.74) is 0. The Kier molecular flexibility index (Phi) is 4.05. The van der Waals surface area contributed by atoms with Gasteiger partial charge in [-0.2, -0.15) is 8.78 Å². The number of nitrogens with zero attached hydrogens (tertiary/aromatic N) is 2. The number of halogens is 4. The Balaban J connectivity index is 2.48. The van der Waals surface area contributed by atoms with Crippen LogP contribution in [-0.4, -0.2) is 36.1 Å². The molecule has 1 aromatic rings. The second kappa shape index (κ2) is 5.10. The number of nitrogens with one attached hydrogen (secondary N) is 2. The highest BCUT2D eigenvalue weighted by atomic mass is 19.3.